The zero-order chi connectivity index (χ0) is 30.6. The van der Waals surface area contributed by atoms with Gasteiger partial charge >= 0.3 is 0 Å². The topological polar surface area (TPSA) is 49.7 Å². The molecule has 1 heterocycles. The van der Waals surface area contributed by atoms with Crippen molar-refractivity contribution in [1.82, 2.24) is 0 Å². The average Bonchev–Trinajstić information content (AvgIpc) is 2.96. The maximum atomic E-state index is 11.7. The minimum absolute atomic E-state index is 0. The quantitative estimate of drug-likeness (QED) is 0.157. The van der Waals surface area contributed by atoms with E-state index < -0.39 is 0 Å². The van der Waals surface area contributed by atoms with Gasteiger partial charge in [-0.1, -0.05) is 108 Å². The summed E-state index contributed by atoms with van der Waals surface area (Å²) in [7, 11) is 0. The molecular weight excluding hydrogens is 707 g/mol. The molecule has 0 amide bonds. The maximum Gasteiger partial charge on any atom is 0.162 e. The van der Waals surface area contributed by atoms with Gasteiger partial charge in [-0.2, -0.15) is 0 Å². The van der Waals surface area contributed by atoms with Crippen LogP contribution in [-0.4, -0.2) is 16.6 Å². The van der Waals surface area contributed by atoms with Crippen molar-refractivity contribution in [3.05, 3.63) is 94.9 Å². The normalized spacial score (nSPS) is 20.0. The number of aliphatic imine (C=N–C) groups is 1. The van der Waals surface area contributed by atoms with E-state index in [0.717, 1.165) is 32.1 Å². The zero-order valence-corrected chi connectivity index (χ0v) is 29.7. The summed E-state index contributed by atoms with van der Waals surface area (Å²) in [6.45, 7) is 17.5. The Labute approximate surface area is 273 Å². The monoisotopic (exact) mass is 757 g/mol. The number of benzene rings is 2. The van der Waals surface area contributed by atoms with Crippen LogP contribution < -0.4 is 0 Å². The minimum Gasteiger partial charge on any atom is -0.512 e. The second kappa shape index (κ2) is 15.0. The molecule has 3 aliphatic rings. The van der Waals surface area contributed by atoms with Crippen LogP contribution in [0.15, 0.2) is 82.7 Å². The number of hydrogen-bond acceptors (Lipinski definition) is 3. The van der Waals surface area contributed by atoms with Gasteiger partial charge in [0.25, 0.3) is 0 Å². The van der Waals surface area contributed by atoms with Gasteiger partial charge in [0.15, 0.2) is 5.78 Å². The molecule has 43 heavy (non-hydrogen) atoms. The fourth-order valence-corrected chi connectivity index (χ4v) is 7.12. The van der Waals surface area contributed by atoms with Crippen LogP contribution in [0.4, 0.5) is 0 Å². The standard InChI is InChI=1S/C26H26N.C13H24O2.Ir/c1-16(2)13-17-14-19-11-12-27-25-21-10-9-18-7-5-6-8-20(18)24(21)26(3,4)22(15-17)23(19)25;1-5-10(6-2)12(14)9-13(15)11(7-3)8-4;/h5-9,11-12,14-16,22-23H,13H2,1-4H3;9-11,14H,5-8H2,1-4H3;/q-1;;/b;12-9-;. The molecule has 4 heteroatoms. The summed E-state index contributed by atoms with van der Waals surface area (Å²) >= 11 is 0. The Morgan fingerprint density at radius 2 is 1.70 bits per heavy atom. The summed E-state index contributed by atoms with van der Waals surface area (Å²) < 4.78 is 0. The van der Waals surface area contributed by atoms with Gasteiger partial charge in [0, 0.05) is 44.2 Å². The molecule has 0 aromatic heterocycles. The average molecular weight is 757 g/mol. The number of allylic oxidation sites excluding steroid dienone is 7. The first-order chi connectivity index (χ1) is 20.1. The molecule has 1 aliphatic heterocycles. The van der Waals surface area contributed by atoms with Crippen LogP contribution in [0.5, 0.6) is 0 Å². The Balaban J connectivity index is 0.000000274. The number of hydrogen-bond donors (Lipinski definition) is 1. The number of carbonyl (C=O) groups is 1. The maximum absolute atomic E-state index is 11.7. The number of aliphatic hydroxyl groups excluding tert-OH is 1. The number of rotatable bonds is 9. The second-order valence-corrected chi connectivity index (χ2v) is 13.2. The first kappa shape index (κ1) is 34.9. The van der Waals surface area contributed by atoms with Crippen LogP contribution >= 0.6 is 0 Å². The van der Waals surface area contributed by atoms with Crippen molar-refractivity contribution in [2.45, 2.75) is 92.9 Å². The molecule has 0 fully saturated rings. The fraction of sp³-hybridized carbons (Fsp3) is 0.487. The Morgan fingerprint density at radius 3 is 2.33 bits per heavy atom. The number of aliphatic hydroxyl groups is 1. The Bertz CT molecular complexity index is 1450. The van der Waals surface area contributed by atoms with Gasteiger partial charge in [-0.15, -0.1) is 23.3 Å². The van der Waals surface area contributed by atoms with Gasteiger partial charge in [0.05, 0.1) is 5.76 Å². The molecule has 233 valence electrons. The smallest absolute Gasteiger partial charge is 0.162 e. The van der Waals surface area contributed by atoms with Crippen LogP contribution in [0.1, 0.15) is 98.6 Å². The molecule has 2 aromatic carbocycles. The van der Waals surface area contributed by atoms with Gasteiger partial charge in [-0.05, 0) is 72.6 Å². The van der Waals surface area contributed by atoms with Gasteiger partial charge < -0.3 is 10.1 Å². The summed E-state index contributed by atoms with van der Waals surface area (Å²) in [5.74, 6) is 2.00. The Morgan fingerprint density at radius 1 is 1.05 bits per heavy atom. The number of nitrogens with zero attached hydrogens (tertiary/aromatic N) is 1. The van der Waals surface area contributed by atoms with E-state index in [1.165, 1.54) is 44.8 Å². The molecule has 2 aromatic rings. The van der Waals surface area contributed by atoms with Crippen molar-refractivity contribution in [1.29, 1.82) is 0 Å². The number of fused-ring (bicyclic) bond motifs is 4. The molecular formula is C39H50IrNO2-. The summed E-state index contributed by atoms with van der Waals surface area (Å²) in [6.07, 6.45) is 15.2. The van der Waals surface area contributed by atoms with Crippen LogP contribution in [0.25, 0.3) is 10.8 Å². The molecule has 2 aliphatic carbocycles. The summed E-state index contributed by atoms with van der Waals surface area (Å²) in [6, 6.07) is 14.5. The van der Waals surface area contributed by atoms with E-state index in [4.69, 9.17) is 4.99 Å². The molecule has 0 saturated carbocycles. The molecule has 2 atom stereocenters. The second-order valence-electron chi connectivity index (χ2n) is 13.2. The Kier molecular flexibility index (Phi) is 12.1. The molecule has 0 saturated heterocycles. The fourth-order valence-electron chi connectivity index (χ4n) is 7.12. The van der Waals surface area contributed by atoms with Crippen LogP contribution in [0, 0.1) is 35.7 Å². The van der Waals surface area contributed by atoms with Crippen LogP contribution in [-0.2, 0) is 30.3 Å². The molecule has 5 rings (SSSR count). The van der Waals surface area contributed by atoms with Crippen molar-refractivity contribution >= 4 is 22.3 Å². The molecule has 0 spiro atoms. The van der Waals surface area contributed by atoms with E-state index in [1.807, 2.05) is 33.9 Å². The van der Waals surface area contributed by atoms with Crippen molar-refractivity contribution in [3.63, 3.8) is 0 Å². The van der Waals surface area contributed by atoms with Gasteiger partial charge in [0.1, 0.15) is 0 Å². The van der Waals surface area contributed by atoms with Crippen LogP contribution in [0.3, 0.4) is 0 Å². The predicted octanol–water partition coefficient (Wildman–Crippen LogP) is 10.3. The molecule has 3 nitrogen and oxygen atoms in total. The van der Waals surface area contributed by atoms with E-state index in [0.29, 0.717) is 17.8 Å². The molecule has 1 radical (unpaired) electrons. The van der Waals surface area contributed by atoms with Crippen molar-refractivity contribution in [2.24, 2.45) is 34.6 Å². The molecule has 2 unspecified atom stereocenters. The van der Waals surface area contributed by atoms with Crippen molar-refractivity contribution < 1.29 is 30.0 Å². The first-order valence-corrected chi connectivity index (χ1v) is 16.1. The number of carbonyl (C=O) groups excluding carboxylic acids is 1. The third-order valence-electron chi connectivity index (χ3n) is 9.55. The predicted molar refractivity (Wildman–Crippen MR) is 178 cm³/mol. The van der Waals surface area contributed by atoms with E-state index in [1.54, 1.807) is 0 Å². The first-order valence-electron chi connectivity index (χ1n) is 16.1. The zero-order valence-electron chi connectivity index (χ0n) is 27.3. The van der Waals surface area contributed by atoms with E-state index in [-0.39, 0.29) is 48.9 Å². The van der Waals surface area contributed by atoms with E-state index in [9.17, 15) is 9.90 Å². The van der Waals surface area contributed by atoms with Crippen molar-refractivity contribution in [2.75, 3.05) is 0 Å². The third-order valence-corrected chi connectivity index (χ3v) is 9.55. The SMILES string of the molecule is CC(C)CC1=CC2C3C(=C1)C=CN=C3c1[c-]cc3ccccc3c1C2(C)C.CCC(CC)C(=O)/C=C(\O)C(CC)CC.[Ir]. The van der Waals surface area contributed by atoms with E-state index in [2.05, 4.69) is 82.3 Å². The summed E-state index contributed by atoms with van der Waals surface area (Å²) in [5, 5.41) is 12.4. The summed E-state index contributed by atoms with van der Waals surface area (Å²) in [5.41, 5.74) is 6.77. The Hall–Kier alpha value is -2.55. The third kappa shape index (κ3) is 7.23. The minimum atomic E-state index is 0. The van der Waals surface area contributed by atoms with Crippen LogP contribution in [0.2, 0.25) is 0 Å². The largest absolute Gasteiger partial charge is 0.512 e. The van der Waals surface area contributed by atoms with Gasteiger partial charge in [0.2, 0.25) is 0 Å². The molecule has 0 bridgehead atoms. The molecule has 1 N–H and O–H groups in total. The summed E-state index contributed by atoms with van der Waals surface area (Å²) in [4.78, 5) is 16.6. The van der Waals surface area contributed by atoms with E-state index >= 15 is 0 Å². The van der Waals surface area contributed by atoms with Crippen molar-refractivity contribution in [3.8, 4) is 0 Å². The van der Waals surface area contributed by atoms with Gasteiger partial charge in [-0.3, -0.25) is 4.79 Å². The van der Waals surface area contributed by atoms with Gasteiger partial charge in [-0.25, -0.2) is 0 Å². The number of ketones is 1.